The quantitative estimate of drug-likeness (QED) is 0.307. The largest absolute Gasteiger partial charge is 0.281 e. The highest BCUT2D eigenvalue weighted by Gasteiger charge is 2.28. The van der Waals surface area contributed by atoms with Gasteiger partial charge >= 0.3 is 0 Å². The highest BCUT2D eigenvalue weighted by Crippen LogP contribution is 2.29. The van der Waals surface area contributed by atoms with Gasteiger partial charge in [0.15, 0.2) is 0 Å². The van der Waals surface area contributed by atoms with Crippen LogP contribution >= 0.6 is 31.9 Å². The van der Waals surface area contributed by atoms with E-state index in [-0.39, 0.29) is 17.9 Å². The van der Waals surface area contributed by atoms with Gasteiger partial charge in [-0.1, -0.05) is 46.3 Å². The zero-order chi connectivity index (χ0) is 24.0. The Balaban J connectivity index is 1.67. The van der Waals surface area contributed by atoms with Crippen LogP contribution in [0.2, 0.25) is 0 Å². The number of carbonyl (C=O) groups is 2. The molecule has 4 aromatic rings. The summed E-state index contributed by atoms with van der Waals surface area (Å²) < 4.78 is 2.97. The number of hydrazone groups is 1. The Hall–Kier alpha value is -3.43. The van der Waals surface area contributed by atoms with Crippen LogP contribution in [0.1, 0.15) is 23.7 Å². The van der Waals surface area contributed by atoms with E-state index in [4.69, 9.17) is 4.98 Å². The normalized spacial score (nSPS) is 13.4. The van der Waals surface area contributed by atoms with Gasteiger partial charge in [0.25, 0.3) is 17.4 Å². The summed E-state index contributed by atoms with van der Waals surface area (Å²) in [6, 6.07) is 19.5. The van der Waals surface area contributed by atoms with Gasteiger partial charge in [0.1, 0.15) is 5.82 Å². The fraction of sp³-hybridized carbons (Fsp3) is 0.0800. The fourth-order valence-electron chi connectivity index (χ4n) is 3.83. The number of rotatable bonds is 3. The third-order valence-electron chi connectivity index (χ3n) is 5.40. The van der Waals surface area contributed by atoms with Crippen molar-refractivity contribution in [3.63, 3.8) is 0 Å². The number of halogens is 2. The standard InChI is InChI=1S/C25H16Br2N4O3/c1-14-11-21(32)31(29-14)24(33)16-7-9-18(10-8-16)30-23(15-5-3-2-4-6-15)28-22-19(25(30)34)12-17(26)13-20(22)27/h2-10,12-13H,11H2,1H3. The molecule has 0 fully saturated rings. The summed E-state index contributed by atoms with van der Waals surface area (Å²) in [5.74, 6) is -0.396. The molecule has 0 N–H and O–H groups in total. The molecule has 7 nitrogen and oxygen atoms in total. The van der Waals surface area contributed by atoms with E-state index < -0.39 is 5.91 Å². The van der Waals surface area contributed by atoms with Crippen molar-refractivity contribution in [1.29, 1.82) is 0 Å². The first kappa shape index (κ1) is 22.4. The summed E-state index contributed by atoms with van der Waals surface area (Å²) in [5.41, 5.74) is 2.50. The predicted octanol–water partition coefficient (Wildman–Crippen LogP) is 5.33. The minimum Gasteiger partial charge on any atom is -0.272 e. The second-order valence-corrected chi connectivity index (χ2v) is 9.57. The number of hydrogen-bond acceptors (Lipinski definition) is 5. The van der Waals surface area contributed by atoms with Crippen LogP contribution in [0.15, 0.2) is 85.6 Å². The van der Waals surface area contributed by atoms with Gasteiger partial charge < -0.3 is 0 Å². The Morgan fingerprint density at radius 2 is 1.68 bits per heavy atom. The maximum atomic E-state index is 13.7. The molecule has 0 atom stereocenters. The molecule has 0 radical (unpaired) electrons. The van der Waals surface area contributed by atoms with Crippen molar-refractivity contribution in [2.45, 2.75) is 13.3 Å². The second-order valence-electron chi connectivity index (χ2n) is 7.80. The Morgan fingerprint density at radius 3 is 2.32 bits per heavy atom. The molecule has 3 aromatic carbocycles. The topological polar surface area (TPSA) is 84.6 Å². The lowest BCUT2D eigenvalue weighted by Crippen LogP contribution is -2.28. The molecule has 0 unspecified atom stereocenters. The van der Waals surface area contributed by atoms with Crippen LogP contribution in [0, 0.1) is 0 Å². The van der Waals surface area contributed by atoms with Crippen molar-refractivity contribution < 1.29 is 9.59 Å². The van der Waals surface area contributed by atoms with Crippen LogP contribution in [0.25, 0.3) is 28.0 Å². The summed E-state index contributed by atoms with van der Waals surface area (Å²) in [4.78, 5) is 43.3. The number of aromatic nitrogens is 2. The molecule has 1 aromatic heterocycles. The van der Waals surface area contributed by atoms with Gasteiger partial charge in [-0.25, -0.2) is 4.98 Å². The van der Waals surface area contributed by atoms with Gasteiger partial charge in [0, 0.05) is 25.8 Å². The first-order chi connectivity index (χ1) is 16.3. The van der Waals surface area contributed by atoms with Gasteiger partial charge in [-0.05, 0) is 59.3 Å². The number of fused-ring (bicyclic) bond motifs is 1. The van der Waals surface area contributed by atoms with Crippen molar-refractivity contribution >= 4 is 60.3 Å². The van der Waals surface area contributed by atoms with Crippen LogP contribution < -0.4 is 5.56 Å². The second kappa shape index (κ2) is 8.73. The number of carbonyl (C=O) groups excluding carboxylic acids is 2. The number of amides is 2. The molecule has 1 aliphatic heterocycles. The molecular formula is C25H16Br2N4O3. The minimum atomic E-state index is -0.506. The Morgan fingerprint density at radius 1 is 0.971 bits per heavy atom. The Labute approximate surface area is 211 Å². The van der Waals surface area contributed by atoms with Crippen LogP contribution in [0.5, 0.6) is 0 Å². The lowest BCUT2D eigenvalue weighted by atomic mass is 10.1. The first-order valence-electron chi connectivity index (χ1n) is 10.3. The van der Waals surface area contributed by atoms with Crippen LogP contribution in [0.3, 0.4) is 0 Å². The van der Waals surface area contributed by atoms with E-state index in [1.165, 1.54) is 4.57 Å². The molecule has 2 amide bonds. The van der Waals surface area contributed by atoms with Crippen LogP contribution in [-0.4, -0.2) is 32.1 Å². The van der Waals surface area contributed by atoms with E-state index in [9.17, 15) is 14.4 Å². The molecular weight excluding hydrogens is 564 g/mol. The molecule has 34 heavy (non-hydrogen) atoms. The molecule has 0 saturated heterocycles. The maximum absolute atomic E-state index is 13.7. The molecule has 1 aliphatic rings. The predicted molar refractivity (Wildman–Crippen MR) is 137 cm³/mol. The summed E-state index contributed by atoms with van der Waals surface area (Å²) in [6.45, 7) is 1.70. The molecule has 0 spiro atoms. The van der Waals surface area contributed by atoms with E-state index in [0.717, 1.165) is 15.0 Å². The van der Waals surface area contributed by atoms with Gasteiger partial charge in [-0.3, -0.25) is 19.0 Å². The van der Waals surface area contributed by atoms with Gasteiger partial charge in [0.2, 0.25) is 0 Å². The van der Waals surface area contributed by atoms with Gasteiger partial charge in [-0.15, -0.1) is 0 Å². The lowest BCUT2D eigenvalue weighted by molar-refractivity contribution is -0.126. The molecule has 0 bridgehead atoms. The summed E-state index contributed by atoms with van der Waals surface area (Å²) in [5, 5.41) is 5.35. The smallest absolute Gasteiger partial charge is 0.272 e. The van der Waals surface area contributed by atoms with Crippen molar-refractivity contribution in [1.82, 2.24) is 14.6 Å². The van der Waals surface area contributed by atoms with Gasteiger partial charge in [-0.2, -0.15) is 10.1 Å². The highest BCUT2D eigenvalue weighted by atomic mass is 79.9. The maximum Gasteiger partial charge on any atom is 0.281 e. The average Bonchev–Trinajstić information content (AvgIpc) is 3.17. The number of nitrogens with zero attached hydrogens (tertiary/aromatic N) is 4. The number of hydrogen-bond donors (Lipinski definition) is 0. The zero-order valence-corrected chi connectivity index (χ0v) is 21.0. The van der Waals surface area contributed by atoms with Crippen molar-refractivity contribution in [2.24, 2.45) is 5.10 Å². The number of imide groups is 1. The monoisotopic (exact) mass is 578 g/mol. The van der Waals surface area contributed by atoms with Crippen LogP contribution in [0.4, 0.5) is 0 Å². The number of benzene rings is 3. The third-order valence-corrected chi connectivity index (χ3v) is 6.46. The molecule has 0 saturated carbocycles. The highest BCUT2D eigenvalue weighted by molar-refractivity contribution is 9.11. The van der Waals surface area contributed by atoms with E-state index >= 15 is 0 Å². The van der Waals surface area contributed by atoms with Crippen molar-refractivity contribution in [2.75, 3.05) is 0 Å². The molecule has 2 heterocycles. The SMILES string of the molecule is CC1=NN(C(=O)c2ccc(-n3c(-c4ccccc4)nc4c(Br)cc(Br)cc4c3=O)cc2)C(=O)C1. The molecule has 0 aliphatic carbocycles. The van der Waals surface area contributed by atoms with Crippen LogP contribution in [-0.2, 0) is 4.79 Å². The first-order valence-corrected chi connectivity index (χ1v) is 11.9. The zero-order valence-electron chi connectivity index (χ0n) is 17.8. The fourth-order valence-corrected chi connectivity index (χ4v) is 5.14. The molecule has 9 heteroatoms. The average molecular weight is 580 g/mol. The van der Waals surface area contributed by atoms with Gasteiger partial charge in [0.05, 0.1) is 23.0 Å². The Bertz CT molecular complexity index is 1560. The van der Waals surface area contributed by atoms with E-state index in [1.54, 1.807) is 37.3 Å². The summed E-state index contributed by atoms with van der Waals surface area (Å²) in [6.07, 6.45) is 0.132. The minimum absolute atomic E-state index is 0.132. The van der Waals surface area contributed by atoms with E-state index in [2.05, 4.69) is 37.0 Å². The summed E-state index contributed by atoms with van der Waals surface area (Å²) in [7, 11) is 0. The van der Waals surface area contributed by atoms with E-state index in [0.29, 0.717) is 38.2 Å². The summed E-state index contributed by atoms with van der Waals surface area (Å²) >= 11 is 6.96. The van der Waals surface area contributed by atoms with E-state index in [1.807, 2.05) is 36.4 Å². The Kier molecular flexibility index (Phi) is 5.75. The molecule has 5 rings (SSSR count). The van der Waals surface area contributed by atoms with Crippen molar-refractivity contribution in [3.05, 3.63) is 91.6 Å². The third kappa shape index (κ3) is 3.91. The lowest BCUT2D eigenvalue weighted by Gasteiger charge is -2.15. The molecule has 168 valence electrons. The van der Waals surface area contributed by atoms with Crippen molar-refractivity contribution in [3.8, 4) is 17.1 Å².